The van der Waals surface area contributed by atoms with Crippen molar-refractivity contribution in [2.24, 2.45) is 0 Å². The van der Waals surface area contributed by atoms with Gasteiger partial charge in [0.05, 0.1) is 12.5 Å². The van der Waals surface area contributed by atoms with E-state index in [-0.39, 0.29) is 0 Å². The molecule has 1 N–H and O–H groups in total. The highest BCUT2D eigenvalue weighted by Gasteiger charge is 2.13. The number of carboxylic acid groups (broad SMARTS) is 1. The van der Waals surface area contributed by atoms with Gasteiger partial charge in [-0.2, -0.15) is 5.26 Å². The number of nitrogens with zero attached hydrogens (tertiary/aromatic N) is 1. The average Bonchev–Trinajstić information content (AvgIpc) is 1.67. The number of hydrogen-bond acceptors (Lipinski definition) is 2. The van der Waals surface area contributed by atoms with Crippen molar-refractivity contribution < 1.29 is 14.3 Å². The summed E-state index contributed by atoms with van der Waals surface area (Å²) in [6.45, 7) is 0. The standard InChI is InChI=1S/C4H4FNO2/c5-3(1-2-6)4(7)8/h3H,1H2,(H,7,8). The van der Waals surface area contributed by atoms with E-state index >= 15 is 0 Å². The third-order valence-corrected chi connectivity index (χ3v) is 0.538. The van der Waals surface area contributed by atoms with Crippen molar-refractivity contribution >= 4 is 5.97 Å². The number of rotatable bonds is 2. The average molecular weight is 117 g/mol. The third-order valence-electron chi connectivity index (χ3n) is 0.538. The van der Waals surface area contributed by atoms with Crippen molar-refractivity contribution in [1.29, 1.82) is 5.26 Å². The summed E-state index contributed by atoms with van der Waals surface area (Å²) in [6.07, 6.45) is -2.60. The molecule has 0 radical (unpaired) electrons. The number of carbonyl (C=O) groups is 1. The molecular formula is C4H4FNO2. The molecule has 0 aliphatic heterocycles. The highest BCUT2D eigenvalue weighted by molar-refractivity contribution is 5.72. The Labute approximate surface area is 45.3 Å². The van der Waals surface area contributed by atoms with Gasteiger partial charge in [0.15, 0.2) is 0 Å². The quantitative estimate of drug-likeness (QED) is 0.566. The van der Waals surface area contributed by atoms with E-state index in [1.807, 2.05) is 0 Å². The molecule has 0 aromatic heterocycles. The second-order valence-electron chi connectivity index (χ2n) is 1.17. The van der Waals surface area contributed by atoms with E-state index in [0.29, 0.717) is 0 Å². The van der Waals surface area contributed by atoms with Gasteiger partial charge in [-0.1, -0.05) is 0 Å². The molecule has 0 rings (SSSR count). The number of halogens is 1. The van der Waals surface area contributed by atoms with Crippen molar-refractivity contribution in [3.8, 4) is 6.07 Å². The van der Waals surface area contributed by atoms with Gasteiger partial charge in [0.25, 0.3) is 0 Å². The highest BCUT2D eigenvalue weighted by atomic mass is 19.1. The Hall–Kier alpha value is -1.11. The largest absolute Gasteiger partial charge is 0.479 e. The highest BCUT2D eigenvalue weighted by Crippen LogP contribution is 1.94. The molecule has 0 aliphatic rings. The van der Waals surface area contributed by atoms with Crippen LogP contribution >= 0.6 is 0 Å². The lowest BCUT2D eigenvalue weighted by atomic mass is 10.3. The molecule has 0 fully saturated rings. The van der Waals surface area contributed by atoms with E-state index in [9.17, 15) is 9.18 Å². The predicted molar refractivity (Wildman–Crippen MR) is 22.8 cm³/mol. The monoisotopic (exact) mass is 117 g/mol. The Morgan fingerprint density at radius 2 is 2.50 bits per heavy atom. The first-order valence-electron chi connectivity index (χ1n) is 1.92. The summed E-state index contributed by atoms with van der Waals surface area (Å²) >= 11 is 0. The zero-order chi connectivity index (χ0) is 6.57. The van der Waals surface area contributed by atoms with Crippen LogP contribution in [0.4, 0.5) is 4.39 Å². The first-order valence-corrected chi connectivity index (χ1v) is 1.92. The molecule has 0 saturated carbocycles. The van der Waals surface area contributed by atoms with Crippen molar-refractivity contribution in [2.45, 2.75) is 12.6 Å². The van der Waals surface area contributed by atoms with Crippen molar-refractivity contribution in [1.82, 2.24) is 0 Å². The predicted octanol–water partition coefficient (Wildman–Crippen LogP) is 0.323. The van der Waals surface area contributed by atoms with Crippen LogP contribution in [0, 0.1) is 11.3 Å². The van der Waals surface area contributed by atoms with Crippen LogP contribution in [0.5, 0.6) is 0 Å². The van der Waals surface area contributed by atoms with Crippen LogP contribution in [-0.2, 0) is 4.79 Å². The number of carboxylic acids is 1. The minimum atomic E-state index is -2.03. The normalized spacial score (nSPS) is 12.0. The number of hydrogen-bond donors (Lipinski definition) is 1. The van der Waals surface area contributed by atoms with Gasteiger partial charge in [-0.05, 0) is 0 Å². The molecule has 0 aromatic carbocycles. The van der Waals surface area contributed by atoms with Gasteiger partial charge in [0.2, 0.25) is 6.17 Å². The Morgan fingerprint density at radius 1 is 2.00 bits per heavy atom. The van der Waals surface area contributed by atoms with E-state index in [1.165, 1.54) is 6.07 Å². The van der Waals surface area contributed by atoms with Crippen LogP contribution < -0.4 is 0 Å². The minimum absolute atomic E-state index is 0.574. The Bertz CT molecular complexity index is 128. The molecule has 0 aromatic rings. The van der Waals surface area contributed by atoms with Gasteiger partial charge in [0, 0.05) is 0 Å². The molecule has 0 heterocycles. The first kappa shape index (κ1) is 6.89. The lowest BCUT2D eigenvalue weighted by Crippen LogP contribution is -2.12. The van der Waals surface area contributed by atoms with Gasteiger partial charge in [-0.25, -0.2) is 9.18 Å². The van der Waals surface area contributed by atoms with Crippen molar-refractivity contribution in [2.75, 3.05) is 0 Å². The summed E-state index contributed by atoms with van der Waals surface area (Å²) in [5.41, 5.74) is 0. The van der Waals surface area contributed by atoms with E-state index in [1.54, 1.807) is 0 Å². The smallest absolute Gasteiger partial charge is 0.339 e. The number of nitriles is 1. The summed E-state index contributed by atoms with van der Waals surface area (Å²) in [7, 11) is 0. The topological polar surface area (TPSA) is 61.1 Å². The molecule has 1 atom stereocenters. The van der Waals surface area contributed by atoms with Crippen LogP contribution in [0.1, 0.15) is 6.42 Å². The molecule has 0 saturated heterocycles. The zero-order valence-electron chi connectivity index (χ0n) is 3.97. The van der Waals surface area contributed by atoms with E-state index in [4.69, 9.17) is 10.4 Å². The van der Waals surface area contributed by atoms with Crippen LogP contribution in [0.15, 0.2) is 0 Å². The molecule has 4 heteroatoms. The summed E-state index contributed by atoms with van der Waals surface area (Å²) in [4.78, 5) is 9.56. The van der Waals surface area contributed by atoms with E-state index in [2.05, 4.69) is 0 Å². The summed E-state index contributed by atoms with van der Waals surface area (Å²) in [5, 5.41) is 15.5. The Kier molecular flexibility index (Phi) is 2.56. The molecule has 8 heavy (non-hydrogen) atoms. The Balaban J connectivity index is 3.52. The van der Waals surface area contributed by atoms with Crippen LogP contribution in [0.2, 0.25) is 0 Å². The maximum atomic E-state index is 11.7. The lowest BCUT2D eigenvalue weighted by molar-refractivity contribution is -0.142. The van der Waals surface area contributed by atoms with Gasteiger partial charge >= 0.3 is 5.97 Å². The molecule has 0 spiro atoms. The van der Waals surface area contributed by atoms with Crippen LogP contribution in [-0.4, -0.2) is 17.2 Å². The molecule has 44 valence electrons. The summed E-state index contributed by atoms with van der Waals surface area (Å²) in [6, 6.07) is 1.39. The van der Waals surface area contributed by atoms with Gasteiger partial charge in [-0.3, -0.25) is 0 Å². The van der Waals surface area contributed by atoms with Crippen molar-refractivity contribution in [3.63, 3.8) is 0 Å². The SMILES string of the molecule is N#CCC(F)C(=O)O. The summed E-state index contributed by atoms with van der Waals surface area (Å²) in [5.74, 6) is -1.58. The van der Waals surface area contributed by atoms with Gasteiger partial charge in [0.1, 0.15) is 0 Å². The van der Waals surface area contributed by atoms with Crippen LogP contribution in [0.3, 0.4) is 0 Å². The fraction of sp³-hybridized carbons (Fsp3) is 0.500. The molecule has 0 aliphatic carbocycles. The second-order valence-corrected chi connectivity index (χ2v) is 1.17. The van der Waals surface area contributed by atoms with Gasteiger partial charge in [-0.15, -0.1) is 0 Å². The number of aliphatic carboxylic acids is 1. The molecule has 0 amide bonds. The van der Waals surface area contributed by atoms with E-state index in [0.717, 1.165) is 0 Å². The molecular weight excluding hydrogens is 113 g/mol. The summed E-state index contributed by atoms with van der Waals surface area (Å²) < 4.78 is 11.7. The Morgan fingerprint density at radius 3 is 2.62 bits per heavy atom. The zero-order valence-corrected chi connectivity index (χ0v) is 3.97. The fourth-order valence-electron chi connectivity index (χ4n) is 0.167. The first-order chi connectivity index (χ1) is 3.68. The number of alkyl halides is 1. The molecule has 0 bridgehead atoms. The van der Waals surface area contributed by atoms with Crippen molar-refractivity contribution in [3.05, 3.63) is 0 Å². The maximum Gasteiger partial charge on any atom is 0.339 e. The molecule has 3 nitrogen and oxygen atoms in total. The lowest BCUT2D eigenvalue weighted by Gasteiger charge is -1.90. The third kappa shape index (κ3) is 2.13. The molecule has 1 unspecified atom stereocenters. The second kappa shape index (κ2) is 2.97. The minimum Gasteiger partial charge on any atom is -0.479 e. The van der Waals surface area contributed by atoms with Crippen LogP contribution in [0.25, 0.3) is 0 Å². The van der Waals surface area contributed by atoms with Gasteiger partial charge < -0.3 is 5.11 Å². The maximum absolute atomic E-state index is 11.7. The van der Waals surface area contributed by atoms with E-state index < -0.39 is 18.6 Å². The fourth-order valence-corrected chi connectivity index (χ4v) is 0.167.